The van der Waals surface area contributed by atoms with E-state index in [0.29, 0.717) is 23.2 Å². The topological polar surface area (TPSA) is 51.4 Å². The molecular formula is C29H36FN3O. The number of halogens is 1. The Morgan fingerprint density at radius 1 is 1.15 bits per heavy atom. The lowest BCUT2D eigenvalue weighted by molar-refractivity contribution is 0.0562. The van der Waals surface area contributed by atoms with Gasteiger partial charge in [0.2, 0.25) is 0 Å². The van der Waals surface area contributed by atoms with Gasteiger partial charge in [0.05, 0.1) is 5.52 Å². The predicted molar refractivity (Wildman–Crippen MR) is 137 cm³/mol. The molecule has 0 bridgehead atoms. The van der Waals surface area contributed by atoms with Gasteiger partial charge in [-0.15, -0.1) is 0 Å². The van der Waals surface area contributed by atoms with Gasteiger partial charge in [-0.1, -0.05) is 31.2 Å². The van der Waals surface area contributed by atoms with Crippen molar-refractivity contribution in [2.24, 2.45) is 11.8 Å². The maximum Gasteiger partial charge on any atom is 0.131 e. The van der Waals surface area contributed by atoms with Gasteiger partial charge in [0.1, 0.15) is 11.6 Å². The van der Waals surface area contributed by atoms with Crippen molar-refractivity contribution < 1.29 is 9.13 Å². The van der Waals surface area contributed by atoms with E-state index in [1.807, 2.05) is 30.3 Å². The van der Waals surface area contributed by atoms with Crippen LogP contribution in [0.15, 0.2) is 48.5 Å². The largest absolute Gasteiger partial charge is 0.383 e. The molecule has 0 spiro atoms. The summed E-state index contributed by atoms with van der Waals surface area (Å²) in [6.07, 6.45) is 5.70. The van der Waals surface area contributed by atoms with Crippen molar-refractivity contribution in [3.8, 4) is 11.1 Å². The van der Waals surface area contributed by atoms with Crippen LogP contribution in [0.25, 0.3) is 22.0 Å². The fraction of sp³-hybridized carbons (Fsp3) is 0.483. The molecule has 1 saturated carbocycles. The lowest BCUT2D eigenvalue weighted by atomic mass is 9.78. The number of nitrogens with zero attached hydrogens (tertiary/aromatic N) is 2. The number of rotatable bonds is 8. The summed E-state index contributed by atoms with van der Waals surface area (Å²) in [5.41, 5.74) is 10.0. The normalized spacial score (nSPS) is 21.8. The molecule has 34 heavy (non-hydrogen) atoms. The van der Waals surface area contributed by atoms with Gasteiger partial charge in [0, 0.05) is 30.2 Å². The van der Waals surface area contributed by atoms with Gasteiger partial charge in [0.25, 0.3) is 0 Å². The monoisotopic (exact) mass is 461 g/mol. The number of nitrogens with two attached hydrogens (primary N) is 1. The highest BCUT2D eigenvalue weighted by molar-refractivity contribution is 5.86. The van der Waals surface area contributed by atoms with E-state index in [2.05, 4.69) is 24.9 Å². The number of fused-ring (bicyclic) bond motifs is 1. The second-order valence-corrected chi connectivity index (χ2v) is 10.3. The van der Waals surface area contributed by atoms with Crippen molar-refractivity contribution in [3.05, 3.63) is 59.9 Å². The van der Waals surface area contributed by atoms with Crippen LogP contribution in [0.1, 0.15) is 50.5 Å². The summed E-state index contributed by atoms with van der Waals surface area (Å²) >= 11 is 0. The fourth-order valence-electron chi connectivity index (χ4n) is 5.77. The SMILES string of the molecule is CC1CC1N(C)CCCC(c1cc2cc(-c3ccccc3F)ccc2nc1N)C1CCOCC1. The number of anilines is 1. The maximum absolute atomic E-state index is 14.4. The summed E-state index contributed by atoms with van der Waals surface area (Å²) in [6.45, 7) is 5.09. The zero-order chi connectivity index (χ0) is 23.7. The second kappa shape index (κ2) is 10.0. The first kappa shape index (κ1) is 23.3. The van der Waals surface area contributed by atoms with E-state index in [9.17, 15) is 4.39 Å². The number of hydrogen-bond acceptors (Lipinski definition) is 4. The molecule has 3 aromatic rings. The highest BCUT2D eigenvalue weighted by Crippen LogP contribution is 2.40. The number of aromatic nitrogens is 1. The molecule has 3 atom stereocenters. The summed E-state index contributed by atoms with van der Waals surface area (Å²) in [5, 5.41) is 1.02. The molecule has 1 aromatic heterocycles. The van der Waals surface area contributed by atoms with Gasteiger partial charge in [-0.05, 0) is 98.8 Å². The molecule has 5 rings (SSSR count). The molecule has 5 heteroatoms. The van der Waals surface area contributed by atoms with Crippen molar-refractivity contribution in [1.29, 1.82) is 0 Å². The Morgan fingerprint density at radius 3 is 2.65 bits per heavy atom. The lowest BCUT2D eigenvalue weighted by Crippen LogP contribution is -2.26. The molecule has 1 saturated heterocycles. The first-order valence-corrected chi connectivity index (χ1v) is 12.7. The maximum atomic E-state index is 14.4. The minimum absolute atomic E-state index is 0.209. The van der Waals surface area contributed by atoms with Crippen LogP contribution in [0.4, 0.5) is 10.2 Å². The van der Waals surface area contributed by atoms with Crippen LogP contribution in [0.5, 0.6) is 0 Å². The number of nitrogen functional groups attached to an aromatic ring is 1. The van der Waals surface area contributed by atoms with E-state index in [0.717, 1.165) is 79.4 Å². The first-order valence-electron chi connectivity index (χ1n) is 12.7. The summed E-state index contributed by atoms with van der Waals surface area (Å²) < 4.78 is 20.1. The third-order valence-electron chi connectivity index (χ3n) is 7.95. The van der Waals surface area contributed by atoms with Gasteiger partial charge in [0.15, 0.2) is 0 Å². The highest BCUT2D eigenvalue weighted by atomic mass is 19.1. The number of hydrogen-bond donors (Lipinski definition) is 1. The number of ether oxygens (including phenoxy) is 1. The average molecular weight is 462 g/mol. The molecule has 1 aliphatic carbocycles. The molecule has 1 aliphatic heterocycles. The highest BCUT2D eigenvalue weighted by Gasteiger charge is 2.36. The van der Waals surface area contributed by atoms with E-state index in [-0.39, 0.29) is 5.82 Å². The van der Waals surface area contributed by atoms with Gasteiger partial charge in [-0.25, -0.2) is 9.37 Å². The molecular weight excluding hydrogens is 425 g/mol. The van der Waals surface area contributed by atoms with Crippen molar-refractivity contribution in [2.45, 2.75) is 51.0 Å². The van der Waals surface area contributed by atoms with Crippen LogP contribution in [0.3, 0.4) is 0 Å². The van der Waals surface area contributed by atoms with Crippen LogP contribution < -0.4 is 5.73 Å². The van der Waals surface area contributed by atoms with E-state index in [4.69, 9.17) is 15.5 Å². The fourth-order valence-corrected chi connectivity index (χ4v) is 5.77. The molecule has 2 aromatic carbocycles. The third kappa shape index (κ3) is 4.96. The minimum atomic E-state index is -0.209. The van der Waals surface area contributed by atoms with Crippen molar-refractivity contribution in [2.75, 3.05) is 32.5 Å². The van der Waals surface area contributed by atoms with Crippen LogP contribution in [0.2, 0.25) is 0 Å². The number of benzene rings is 2. The van der Waals surface area contributed by atoms with E-state index in [1.165, 1.54) is 12.5 Å². The zero-order valence-corrected chi connectivity index (χ0v) is 20.3. The first-order chi connectivity index (χ1) is 16.5. The van der Waals surface area contributed by atoms with Gasteiger partial charge in [-0.2, -0.15) is 0 Å². The van der Waals surface area contributed by atoms with E-state index in [1.54, 1.807) is 6.07 Å². The standard InChI is InChI=1S/C29H36FN3O/c1-19-16-28(19)33(2)13-5-7-23(20-11-14-34-15-12-20)25-18-22-17-21(9-10-27(22)32-29(25)31)24-6-3-4-8-26(24)30/h3-4,6,8-10,17-20,23,28H,5,7,11-16H2,1-2H3,(H2,31,32). The summed E-state index contributed by atoms with van der Waals surface area (Å²) in [5.74, 6) is 2.17. The molecule has 180 valence electrons. The molecule has 2 aliphatic rings. The molecule has 0 amide bonds. The Hall–Kier alpha value is -2.50. The smallest absolute Gasteiger partial charge is 0.131 e. The van der Waals surface area contributed by atoms with Crippen molar-refractivity contribution in [3.63, 3.8) is 0 Å². The third-order valence-corrected chi connectivity index (χ3v) is 7.95. The predicted octanol–water partition coefficient (Wildman–Crippen LogP) is 6.25. The zero-order valence-electron chi connectivity index (χ0n) is 20.3. The van der Waals surface area contributed by atoms with Gasteiger partial charge >= 0.3 is 0 Å². The summed E-state index contributed by atoms with van der Waals surface area (Å²) in [7, 11) is 2.26. The van der Waals surface area contributed by atoms with Crippen LogP contribution in [0, 0.1) is 17.7 Å². The quantitative estimate of drug-likeness (QED) is 0.431. The van der Waals surface area contributed by atoms with Gasteiger partial charge < -0.3 is 15.4 Å². The van der Waals surface area contributed by atoms with Crippen LogP contribution >= 0.6 is 0 Å². The minimum Gasteiger partial charge on any atom is -0.383 e. The molecule has 4 nitrogen and oxygen atoms in total. The lowest BCUT2D eigenvalue weighted by Gasteiger charge is -2.32. The Kier molecular flexibility index (Phi) is 6.84. The van der Waals surface area contributed by atoms with Crippen LogP contribution in [-0.4, -0.2) is 42.7 Å². The Labute approximate surface area is 202 Å². The Morgan fingerprint density at radius 2 is 1.91 bits per heavy atom. The van der Waals surface area contributed by atoms with Crippen molar-refractivity contribution >= 4 is 16.7 Å². The van der Waals surface area contributed by atoms with Crippen LogP contribution in [-0.2, 0) is 4.74 Å². The Bertz CT molecular complexity index is 1140. The van der Waals surface area contributed by atoms with Crippen molar-refractivity contribution in [1.82, 2.24) is 9.88 Å². The van der Waals surface area contributed by atoms with E-state index < -0.39 is 0 Å². The molecule has 3 unspecified atom stereocenters. The molecule has 2 N–H and O–H groups in total. The molecule has 0 radical (unpaired) electrons. The average Bonchev–Trinajstić information content (AvgIpc) is 3.59. The van der Waals surface area contributed by atoms with E-state index >= 15 is 0 Å². The summed E-state index contributed by atoms with van der Waals surface area (Å²) in [4.78, 5) is 7.30. The summed E-state index contributed by atoms with van der Waals surface area (Å²) in [6, 6.07) is 15.8. The molecule has 2 heterocycles. The molecule has 2 fully saturated rings. The second-order valence-electron chi connectivity index (χ2n) is 10.3. The van der Waals surface area contributed by atoms with Gasteiger partial charge in [-0.3, -0.25) is 0 Å². The number of pyridine rings is 1. The Balaban J connectivity index is 1.44.